The molecule has 6 heteroatoms. The number of rotatable bonds is 8. The Hall–Kier alpha value is -1.89. The molecule has 0 aliphatic heterocycles. The SMILES string of the molecule is COCCOc1ccc(S(=O)(=O)NCc2ccc(C)cc2)cc1. The third-order valence-corrected chi connectivity index (χ3v) is 4.69. The molecule has 2 aromatic rings. The molecule has 0 saturated heterocycles. The smallest absolute Gasteiger partial charge is 0.240 e. The van der Waals surface area contributed by atoms with E-state index in [1.807, 2.05) is 31.2 Å². The Morgan fingerprint density at radius 3 is 2.22 bits per heavy atom. The predicted octanol–water partition coefficient (Wildman–Crippen LogP) is 2.50. The highest BCUT2D eigenvalue weighted by molar-refractivity contribution is 7.89. The average molecular weight is 335 g/mol. The van der Waals surface area contributed by atoms with Crippen LogP contribution >= 0.6 is 0 Å². The first-order valence-corrected chi connectivity index (χ1v) is 8.76. The minimum atomic E-state index is -3.54. The van der Waals surface area contributed by atoms with Crippen molar-refractivity contribution in [2.45, 2.75) is 18.4 Å². The summed E-state index contributed by atoms with van der Waals surface area (Å²) in [4.78, 5) is 0.212. The van der Waals surface area contributed by atoms with Gasteiger partial charge in [-0.2, -0.15) is 0 Å². The van der Waals surface area contributed by atoms with Crippen molar-refractivity contribution in [1.29, 1.82) is 0 Å². The predicted molar refractivity (Wildman–Crippen MR) is 89.0 cm³/mol. The number of nitrogens with one attached hydrogen (secondary N) is 1. The van der Waals surface area contributed by atoms with Gasteiger partial charge >= 0.3 is 0 Å². The third kappa shape index (κ3) is 5.35. The number of benzene rings is 2. The van der Waals surface area contributed by atoms with Gasteiger partial charge in [0.2, 0.25) is 10.0 Å². The third-order valence-electron chi connectivity index (χ3n) is 3.28. The van der Waals surface area contributed by atoms with Gasteiger partial charge in [-0.05, 0) is 36.8 Å². The molecule has 0 heterocycles. The van der Waals surface area contributed by atoms with Crippen molar-refractivity contribution in [2.24, 2.45) is 0 Å². The monoisotopic (exact) mass is 335 g/mol. The van der Waals surface area contributed by atoms with Crippen molar-refractivity contribution in [3.05, 3.63) is 59.7 Å². The van der Waals surface area contributed by atoms with Crippen LogP contribution in [0.3, 0.4) is 0 Å². The molecule has 0 spiro atoms. The number of aryl methyl sites for hydroxylation is 1. The van der Waals surface area contributed by atoms with Crippen molar-refractivity contribution in [1.82, 2.24) is 4.72 Å². The fourth-order valence-corrected chi connectivity index (χ4v) is 2.94. The van der Waals surface area contributed by atoms with E-state index in [1.165, 1.54) is 12.1 Å². The molecule has 2 rings (SSSR count). The van der Waals surface area contributed by atoms with Gasteiger partial charge in [-0.25, -0.2) is 13.1 Å². The molecule has 0 saturated carbocycles. The lowest BCUT2D eigenvalue weighted by Crippen LogP contribution is -2.23. The normalized spacial score (nSPS) is 11.4. The molecule has 0 aliphatic rings. The first-order valence-electron chi connectivity index (χ1n) is 7.28. The second kappa shape index (κ2) is 8.10. The van der Waals surface area contributed by atoms with Crippen molar-refractivity contribution in [3.8, 4) is 5.75 Å². The summed E-state index contributed by atoms with van der Waals surface area (Å²) in [6.07, 6.45) is 0. The van der Waals surface area contributed by atoms with E-state index in [2.05, 4.69) is 4.72 Å². The van der Waals surface area contributed by atoms with Crippen molar-refractivity contribution >= 4 is 10.0 Å². The molecular weight excluding hydrogens is 314 g/mol. The Balaban J connectivity index is 1.97. The van der Waals surface area contributed by atoms with E-state index in [0.29, 0.717) is 19.0 Å². The molecule has 0 unspecified atom stereocenters. The summed E-state index contributed by atoms with van der Waals surface area (Å²) in [6.45, 7) is 3.16. The Morgan fingerprint density at radius 1 is 0.957 bits per heavy atom. The van der Waals surface area contributed by atoms with Crippen molar-refractivity contribution < 1.29 is 17.9 Å². The largest absolute Gasteiger partial charge is 0.491 e. The fourth-order valence-electron chi connectivity index (χ4n) is 1.93. The molecule has 0 radical (unpaired) electrons. The van der Waals surface area contributed by atoms with Crippen LogP contribution in [0.25, 0.3) is 0 Å². The Bertz CT molecular complexity index is 709. The summed E-state index contributed by atoms with van der Waals surface area (Å²) in [7, 11) is -1.94. The highest BCUT2D eigenvalue weighted by Gasteiger charge is 2.13. The van der Waals surface area contributed by atoms with Crippen LogP contribution in [0.15, 0.2) is 53.4 Å². The Morgan fingerprint density at radius 2 is 1.61 bits per heavy atom. The summed E-state index contributed by atoms with van der Waals surface area (Å²) in [5.74, 6) is 0.611. The second-order valence-electron chi connectivity index (χ2n) is 5.12. The van der Waals surface area contributed by atoms with E-state index >= 15 is 0 Å². The Labute approximate surface area is 137 Å². The molecule has 2 aromatic carbocycles. The number of hydrogen-bond donors (Lipinski definition) is 1. The Kier molecular flexibility index (Phi) is 6.15. The zero-order valence-corrected chi connectivity index (χ0v) is 14.1. The van der Waals surface area contributed by atoms with E-state index in [0.717, 1.165) is 11.1 Å². The number of ether oxygens (including phenoxy) is 2. The lowest BCUT2D eigenvalue weighted by atomic mass is 10.2. The summed E-state index contributed by atoms with van der Waals surface area (Å²) >= 11 is 0. The van der Waals surface area contributed by atoms with Crippen molar-refractivity contribution in [2.75, 3.05) is 20.3 Å². The lowest BCUT2D eigenvalue weighted by Gasteiger charge is -2.09. The van der Waals surface area contributed by atoms with Gasteiger partial charge in [0, 0.05) is 13.7 Å². The summed E-state index contributed by atoms with van der Waals surface area (Å²) in [5.41, 5.74) is 2.05. The van der Waals surface area contributed by atoms with Crippen LogP contribution in [-0.4, -0.2) is 28.7 Å². The van der Waals surface area contributed by atoms with Crippen LogP contribution in [0.1, 0.15) is 11.1 Å². The summed E-state index contributed by atoms with van der Waals surface area (Å²) in [6, 6.07) is 14.0. The minimum Gasteiger partial charge on any atom is -0.491 e. The maximum absolute atomic E-state index is 12.3. The molecule has 0 fully saturated rings. The fraction of sp³-hybridized carbons (Fsp3) is 0.294. The van der Waals surface area contributed by atoms with E-state index in [9.17, 15) is 8.42 Å². The zero-order valence-electron chi connectivity index (χ0n) is 13.3. The molecule has 1 N–H and O–H groups in total. The highest BCUT2D eigenvalue weighted by atomic mass is 32.2. The summed E-state index contributed by atoms with van der Waals surface area (Å²) < 4.78 is 37.4. The molecule has 0 atom stereocenters. The van der Waals surface area contributed by atoms with Crippen LogP contribution in [0.4, 0.5) is 0 Å². The van der Waals surface area contributed by atoms with Crippen LogP contribution in [-0.2, 0) is 21.3 Å². The molecule has 124 valence electrons. The highest BCUT2D eigenvalue weighted by Crippen LogP contribution is 2.16. The zero-order chi connectivity index (χ0) is 16.7. The molecule has 0 aliphatic carbocycles. The quantitative estimate of drug-likeness (QED) is 0.753. The van der Waals surface area contributed by atoms with Gasteiger partial charge in [0.25, 0.3) is 0 Å². The molecule has 0 bridgehead atoms. The molecule has 0 aromatic heterocycles. The molecule has 5 nitrogen and oxygen atoms in total. The maximum Gasteiger partial charge on any atom is 0.240 e. The van der Waals surface area contributed by atoms with Crippen LogP contribution in [0, 0.1) is 6.92 Å². The molecule has 0 amide bonds. The maximum atomic E-state index is 12.3. The van der Waals surface area contributed by atoms with Crippen LogP contribution in [0.5, 0.6) is 5.75 Å². The van der Waals surface area contributed by atoms with Gasteiger partial charge in [0.1, 0.15) is 12.4 Å². The van der Waals surface area contributed by atoms with E-state index < -0.39 is 10.0 Å². The standard InChI is InChI=1S/C17H21NO4S/c1-14-3-5-15(6-4-14)13-18-23(19,20)17-9-7-16(8-10-17)22-12-11-21-2/h3-10,18H,11-13H2,1-2H3. The molecule has 23 heavy (non-hydrogen) atoms. The van der Waals surface area contributed by atoms with Crippen LogP contribution in [0.2, 0.25) is 0 Å². The van der Waals surface area contributed by atoms with Gasteiger partial charge < -0.3 is 9.47 Å². The van der Waals surface area contributed by atoms with Gasteiger partial charge in [-0.15, -0.1) is 0 Å². The van der Waals surface area contributed by atoms with Gasteiger partial charge in [0.05, 0.1) is 11.5 Å². The first kappa shape index (κ1) is 17.5. The van der Waals surface area contributed by atoms with Gasteiger partial charge in [0.15, 0.2) is 0 Å². The van der Waals surface area contributed by atoms with E-state index in [1.54, 1.807) is 19.2 Å². The van der Waals surface area contributed by atoms with Crippen LogP contribution < -0.4 is 9.46 Å². The number of methoxy groups -OCH3 is 1. The topological polar surface area (TPSA) is 64.6 Å². The van der Waals surface area contributed by atoms with E-state index in [4.69, 9.17) is 9.47 Å². The van der Waals surface area contributed by atoms with E-state index in [-0.39, 0.29) is 11.4 Å². The lowest BCUT2D eigenvalue weighted by molar-refractivity contribution is 0.146. The first-order chi connectivity index (χ1) is 11.0. The van der Waals surface area contributed by atoms with Gasteiger partial charge in [-0.1, -0.05) is 29.8 Å². The number of sulfonamides is 1. The molecular formula is C17H21NO4S. The van der Waals surface area contributed by atoms with Gasteiger partial charge in [-0.3, -0.25) is 0 Å². The second-order valence-corrected chi connectivity index (χ2v) is 6.89. The summed E-state index contributed by atoms with van der Waals surface area (Å²) in [5, 5.41) is 0. The minimum absolute atomic E-state index is 0.212. The average Bonchev–Trinajstić information content (AvgIpc) is 2.55. The van der Waals surface area contributed by atoms with Crippen molar-refractivity contribution in [3.63, 3.8) is 0 Å². The number of hydrogen-bond acceptors (Lipinski definition) is 4.